The molecule has 0 radical (unpaired) electrons. The molecule has 22 nitrogen and oxygen atoms in total. The van der Waals surface area contributed by atoms with Gasteiger partial charge in [-0.25, -0.2) is 20.1 Å². The predicted octanol–water partition coefficient (Wildman–Crippen LogP) is 10.4. The first kappa shape index (κ1) is 43.2. The Labute approximate surface area is 347 Å². The summed E-state index contributed by atoms with van der Waals surface area (Å²) in [7, 11) is -5.13. The summed E-state index contributed by atoms with van der Waals surface area (Å²) in [5, 5.41) is 90.7. The monoisotopic (exact) mass is 899 g/mol. The number of nitrogens with two attached hydrogens (primary N) is 1. The van der Waals surface area contributed by atoms with Gasteiger partial charge in [0.1, 0.15) is 33.3 Å². The third-order valence-electron chi connectivity index (χ3n) is 8.05. The molecule has 0 spiro atoms. The lowest BCUT2D eigenvalue weighted by molar-refractivity contribution is -0.432. The summed E-state index contributed by atoms with van der Waals surface area (Å²) in [4.78, 5) is 22.4. The van der Waals surface area contributed by atoms with Gasteiger partial charge in [0.15, 0.2) is 11.5 Å². The number of carboxylic acids is 2. The van der Waals surface area contributed by atoms with Gasteiger partial charge in [-0.05, 0) is 66.0 Å². The number of halogens is 1. The number of hydrogen-bond donors (Lipinski definition) is 8. The Balaban J connectivity index is 1.50. The van der Waals surface area contributed by atoms with Crippen LogP contribution in [-0.2, 0) is 28.9 Å². The number of phenolic OH excluding ortho intramolecular Hbond substituents is 2. The van der Waals surface area contributed by atoms with Gasteiger partial charge in [-0.2, -0.15) is 13.5 Å². The summed E-state index contributed by atoms with van der Waals surface area (Å²) in [6.07, 6.45) is 0. The Hall–Kier alpha value is -6.36. The van der Waals surface area contributed by atoms with E-state index >= 15 is 0 Å². The maximum absolute atomic E-state index is 12.6. The molecule has 0 aliphatic rings. The molecule has 0 atom stereocenters. The Kier molecular flexibility index (Phi) is 13.2. The highest BCUT2D eigenvalue weighted by Crippen LogP contribution is 2.50. The number of aromatic hydroxyl groups is 2. The third kappa shape index (κ3) is 9.25. The van der Waals surface area contributed by atoms with E-state index in [-0.39, 0.29) is 66.1 Å². The molecule has 0 unspecified atom stereocenters. The summed E-state index contributed by atoms with van der Waals surface area (Å²) < 4.78 is 44.5. The number of nitrogen functional groups attached to an aromatic ring is 1. The summed E-state index contributed by atoms with van der Waals surface area (Å²) >= 11 is 6.65. The standard InChI is InChI=1S/C34H22ClN7O15S3/c35-15-6-8-18(34(47)48)22(10-15)39-40-23-13-26(60(51,52)53)20-12-25(59-57-55-50)30(32(44)27(20)28(23)36)41-37-16-7-5-14-9-24(58-56-54-49)29(31(43)19(14)11-16)42-38-21-4-2-1-3-17(21)33(45)46/h1-13,43-44,49-50H,36H2,(H,45,46)(H,47,48)(H,51,52,53). The van der Waals surface area contributed by atoms with E-state index < -0.39 is 66.3 Å². The molecule has 6 rings (SSSR count). The van der Waals surface area contributed by atoms with Crippen molar-refractivity contribution in [2.75, 3.05) is 5.73 Å². The second kappa shape index (κ2) is 18.3. The molecule has 0 heterocycles. The van der Waals surface area contributed by atoms with E-state index in [1.807, 2.05) is 0 Å². The van der Waals surface area contributed by atoms with Crippen LogP contribution >= 0.6 is 35.7 Å². The van der Waals surface area contributed by atoms with Gasteiger partial charge in [0, 0.05) is 15.8 Å². The Morgan fingerprint density at radius 3 is 1.93 bits per heavy atom. The Bertz CT molecular complexity index is 2920. The van der Waals surface area contributed by atoms with E-state index in [1.165, 1.54) is 54.6 Å². The number of fused-ring (bicyclic) bond motifs is 2. The van der Waals surface area contributed by atoms with Gasteiger partial charge in [-0.3, -0.25) is 4.55 Å². The second-order valence-electron chi connectivity index (χ2n) is 11.6. The molecular formula is C34H22ClN7O15S3. The minimum Gasteiger partial charge on any atom is -0.505 e. The zero-order valence-corrected chi connectivity index (χ0v) is 32.5. The van der Waals surface area contributed by atoms with Crippen LogP contribution in [0.25, 0.3) is 21.5 Å². The van der Waals surface area contributed by atoms with Gasteiger partial charge in [0.05, 0.1) is 61.8 Å². The largest absolute Gasteiger partial charge is 0.505 e. The maximum Gasteiger partial charge on any atom is 0.337 e. The molecule has 0 aliphatic heterocycles. The van der Waals surface area contributed by atoms with Crippen molar-refractivity contribution >= 4 is 119 Å². The molecule has 0 aliphatic carbocycles. The number of nitrogens with zero attached hydrogens (tertiary/aromatic N) is 6. The van der Waals surface area contributed by atoms with Crippen LogP contribution in [0.2, 0.25) is 5.02 Å². The lowest BCUT2D eigenvalue weighted by atomic mass is 10.0. The van der Waals surface area contributed by atoms with E-state index in [9.17, 15) is 43.0 Å². The SMILES string of the molecule is Nc1c(N=Nc2cc(Cl)ccc2C(=O)O)cc(S(=O)(=O)O)c2cc(SOOO)c(N=Nc3ccc4cc(SOOO)c(N=Nc5ccccc5C(=O)O)c(O)c4c3)c(O)c12. The van der Waals surface area contributed by atoms with Crippen molar-refractivity contribution in [1.29, 1.82) is 0 Å². The molecule has 308 valence electrons. The lowest BCUT2D eigenvalue weighted by Crippen LogP contribution is -2.02. The molecule has 26 heteroatoms. The second-order valence-corrected chi connectivity index (χ2v) is 14.9. The van der Waals surface area contributed by atoms with E-state index in [2.05, 4.69) is 49.4 Å². The molecule has 6 aromatic rings. The highest BCUT2D eigenvalue weighted by atomic mass is 35.5. The predicted molar refractivity (Wildman–Crippen MR) is 211 cm³/mol. The number of benzene rings is 6. The number of anilines is 1. The van der Waals surface area contributed by atoms with Crippen molar-refractivity contribution in [2.45, 2.75) is 14.7 Å². The molecule has 0 amide bonds. The quantitative estimate of drug-likeness (QED) is 0.0118. The van der Waals surface area contributed by atoms with Gasteiger partial charge in [0.25, 0.3) is 10.1 Å². The summed E-state index contributed by atoms with van der Waals surface area (Å²) in [5.74, 6) is -4.07. The fraction of sp³-hybridized carbons (Fsp3) is 0. The molecular weight excluding hydrogens is 878 g/mol. The number of hydrogen-bond acceptors (Lipinski definition) is 21. The van der Waals surface area contributed by atoms with E-state index in [4.69, 9.17) is 27.8 Å². The fourth-order valence-electron chi connectivity index (χ4n) is 5.45. The average molecular weight is 900 g/mol. The van der Waals surface area contributed by atoms with Crippen LogP contribution in [0, 0.1) is 0 Å². The summed E-state index contributed by atoms with van der Waals surface area (Å²) in [6.45, 7) is 0. The van der Waals surface area contributed by atoms with Gasteiger partial charge >= 0.3 is 11.9 Å². The van der Waals surface area contributed by atoms with E-state index in [0.29, 0.717) is 17.4 Å². The van der Waals surface area contributed by atoms with Crippen molar-refractivity contribution in [3.05, 3.63) is 95.0 Å². The smallest absolute Gasteiger partial charge is 0.337 e. The minimum atomic E-state index is -5.13. The van der Waals surface area contributed by atoms with Crippen molar-refractivity contribution in [3.63, 3.8) is 0 Å². The summed E-state index contributed by atoms with van der Waals surface area (Å²) in [6, 6.07) is 16.7. The first-order chi connectivity index (χ1) is 28.6. The molecule has 9 N–H and O–H groups in total. The van der Waals surface area contributed by atoms with Crippen LogP contribution in [0.4, 0.5) is 39.8 Å². The number of phenols is 2. The van der Waals surface area contributed by atoms with Crippen LogP contribution < -0.4 is 5.73 Å². The van der Waals surface area contributed by atoms with E-state index in [1.54, 1.807) is 0 Å². The number of azo groups is 3. The number of rotatable bonds is 15. The Morgan fingerprint density at radius 2 is 1.27 bits per heavy atom. The first-order valence-corrected chi connectivity index (χ1v) is 19.2. The van der Waals surface area contributed by atoms with Gasteiger partial charge < -0.3 is 26.2 Å². The molecule has 6 aromatic carbocycles. The maximum atomic E-state index is 12.6. The highest BCUT2D eigenvalue weighted by molar-refractivity contribution is 7.95. The normalized spacial score (nSPS) is 12.1. The van der Waals surface area contributed by atoms with Gasteiger partial charge in [0.2, 0.25) is 0 Å². The number of carbonyl (C=O) groups is 2. The number of carboxylic acid groups (broad SMARTS) is 2. The zero-order valence-electron chi connectivity index (χ0n) is 29.3. The molecule has 0 saturated heterocycles. The van der Waals surface area contributed by atoms with Crippen molar-refractivity contribution in [2.24, 2.45) is 30.7 Å². The van der Waals surface area contributed by atoms with Crippen molar-refractivity contribution < 1.29 is 72.2 Å². The lowest BCUT2D eigenvalue weighted by Gasteiger charge is -2.14. The summed E-state index contributed by atoms with van der Waals surface area (Å²) in [5.41, 5.74) is 3.91. The molecule has 0 saturated carbocycles. The fourth-order valence-corrected chi connectivity index (χ4v) is 7.30. The minimum absolute atomic E-state index is 0.00642. The molecule has 60 heavy (non-hydrogen) atoms. The molecule has 0 bridgehead atoms. The average Bonchev–Trinajstić information content (AvgIpc) is 3.20. The van der Waals surface area contributed by atoms with Gasteiger partial charge in [-0.1, -0.05) is 39.9 Å². The van der Waals surface area contributed by atoms with Crippen molar-refractivity contribution in [1.82, 2.24) is 0 Å². The van der Waals surface area contributed by atoms with Crippen LogP contribution in [-0.4, -0.2) is 55.8 Å². The topological polar surface area (TPSA) is 347 Å². The Morgan fingerprint density at radius 1 is 0.667 bits per heavy atom. The van der Waals surface area contributed by atoms with Crippen LogP contribution in [0.3, 0.4) is 0 Å². The van der Waals surface area contributed by atoms with Crippen LogP contribution in [0.5, 0.6) is 11.5 Å². The number of aromatic carboxylic acids is 2. The zero-order chi connectivity index (χ0) is 43.3. The third-order valence-corrected chi connectivity index (χ3v) is 10.4. The highest BCUT2D eigenvalue weighted by Gasteiger charge is 2.26. The van der Waals surface area contributed by atoms with Gasteiger partial charge in [-0.15, -0.1) is 34.2 Å². The van der Waals surface area contributed by atoms with E-state index in [0.717, 1.165) is 24.3 Å². The van der Waals surface area contributed by atoms with Crippen molar-refractivity contribution in [3.8, 4) is 11.5 Å². The first-order valence-electron chi connectivity index (χ1n) is 15.9. The molecule has 0 aromatic heterocycles. The molecule has 0 fully saturated rings. The van der Waals surface area contributed by atoms with Crippen LogP contribution in [0.15, 0.2) is 124 Å². The van der Waals surface area contributed by atoms with Crippen LogP contribution in [0.1, 0.15) is 20.7 Å².